The van der Waals surface area contributed by atoms with Gasteiger partial charge in [-0.05, 0) is 83.5 Å². The standard InChI is InChI=1S/C24H41BO2/c1-23(2)24(3,4)27-25(26-23)22(19-21-16-9-6-10-17-21)18-12-11-15-20-13-7-5-8-14-20/h11,15,19-21H,5-10,12-14,16-18H2,1-4H3/b15-11-,22-19+. The van der Waals surface area contributed by atoms with Crippen molar-refractivity contribution in [3.63, 3.8) is 0 Å². The first kappa shape index (κ1) is 21.2. The highest BCUT2D eigenvalue weighted by Crippen LogP contribution is 2.40. The van der Waals surface area contributed by atoms with Crippen molar-refractivity contribution >= 4 is 7.12 Å². The van der Waals surface area contributed by atoms with Crippen molar-refractivity contribution in [3.8, 4) is 0 Å². The molecule has 0 aromatic carbocycles. The molecule has 27 heavy (non-hydrogen) atoms. The second-order valence-electron chi connectivity index (χ2n) is 10.1. The minimum atomic E-state index is -0.249. The van der Waals surface area contributed by atoms with E-state index in [1.807, 2.05) is 0 Å². The molecule has 0 radical (unpaired) electrons. The van der Waals surface area contributed by atoms with E-state index in [1.54, 1.807) is 0 Å². The predicted octanol–water partition coefficient (Wildman–Crippen LogP) is 7.04. The van der Waals surface area contributed by atoms with Crippen LogP contribution in [0.4, 0.5) is 0 Å². The fourth-order valence-electron chi connectivity index (χ4n) is 4.74. The number of hydrogen-bond acceptors (Lipinski definition) is 2. The van der Waals surface area contributed by atoms with Crippen LogP contribution in [-0.4, -0.2) is 18.3 Å². The van der Waals surface area contributed by atoms with Crippen molar-refractivity contribution in [2.45, 2.75) is 116 Å². The van der Waals surface area contributed by atoms with Gasteiger partial charge in [0.25, 0.3) is 0 Å². The van der Waals surface area contributed by atoms with E-state index in [-0.39, 0.29) is 18.3 Å². The van der Waals surface area contributed by atoms with Gasteiger partial charge in [0.15, 0.2) is 0 Å². The molecule has 2 nitrogen and oxygen atoms in total. The van der Waals surface area contributed by atoms with Crippen LogP contribution >= 0.6 is 0 Å². The van der Waals surface area contributed by atoms with Gasteiger partial charge in [0.2, 0.25) is 0 Å². The van der Waals surface area contributed by atoms with Gasteiger partial charge >= 0.3 is 7.12 Å². The zero-order valence-corrected chi connectivity index (χ0v) is 18.3. The summed E-state index contributed by atoms with van der Waals surface area (Å²) < 4.78 is 12.8. The minimum absolute atomic E-state index is 0.167. The topological polar surface area (TPSA) is 18.5 Å². The van der Waals surface area contributed by atoms with Crippen molar-refractivity contribution in [3.05, 3.63) is 23.7 Å². The summed E-state index contributed by atoms with van der Waals surface area (Å²) in [6, 6.07) is 0. The van der Waals surface area contributed by atoms with Crippen molar-refractivity contribution in [1.82, 2.24) is 0 Å². The molecule has 2 aliphatic carbocycles. The van der Waals surface area contributed by atoms with E-state index in [0.717, 1.165) is 24.7 Å². The number of allylic oxidation sites excluding steroid dienone is 4. The zero-order chi connectivity index (χ0) is 19.3. The summed E-state index contributed by atoms with van der Waals surface area (Å²) in [7, 11) is -0.167. The molecule has 1 saturated heterocycles. The molecule has 1 aliphatic heterocycles. The first-order valence-corrected chi connectivity index (χ1v) is 11.6. The second-order valence-corrected chi connectivity index (χ2v) is 10.1. The number of rotatable bonds is 6. The highest BCUT2D eigenvalue weighted by Gasteiger charge is 2.52. The Morgan fingerprint density at radius 1 is 0.815 bits per heavy atom. The van der Waals surface area contributed by atoms with Crippen LogP contribution in [0.2, 0.25) is 0 Å². The maximum atomic E-state index is 6.40. The molecule has 0 unspecified atom stereocenters. The molecule has 0 N–H and O–H groups in total. The van der Waals surface area contributed by atoms with E-state index < -0.39 is 0 Å². The molecular weight excluding hydrogens is 331 g/mol. The van der Waals surface area contributed by atoms with Crippen LogP contribution < -0.4 is 0 Å². The van der Waals surface area contributed by atoms with Crippen LogP contribution in [0.1, 0.15) is 105 Å². The molecule has 0 bridgehead atoms. The third kappa shape index (κ3) is 5.73. The Hall–Kier alpha value is -0.535. The van der Waals surface area contributed by atoms with Gasteiger partial charge in [-0.1, -0.05) is 56.8 Å². The molecule has 3 fully saturated rings. The molecule has 152 valence electrons. The molecule has 3 aliphatic rings. The lowest BCUT2D eigenvalue weighted by molar-refractivity contribution is 0.00578. The third-order valence-corrected chi connectivity index (χ3v) is 7.31. The summed E-state index contributed by atoms with van der Waals surface area (Å²) >= 11 is 0. The molecular formula is C24H41BO2. The van der Waals surface area contributed by atoms with Gasteiger partial charge in [-0.3, -0.25) is 0 Å². The van der Waals surface area contributed by atoms with Crippen molar-refractivity contribution in [2.75, 3.05) is 0 Å². The fourth-order valence-corrected chi connectivity index (χ4v) is 4.74. The lowest BCUT2D eigenvalue weighted by atomic mass is 9.72. The summed E-state index contributed by atoms with van der Waals surface area (Å²) in [6.07, 6.45) is 23.5. The smallest absolute Gasteiger partial charge is 0.400 e. The normalized spacial score (nSPS) is 27.6. The van der Waals surface area contributed by atoms with E-state index >= 15 is 0 Å². The van der Waals surface area contributed by atoms with Crippen LogP contribution in [0.15, 0.2) is 23.7 Å². The summed E-state index contributed by atoms with van der Waals surface area (Å²) in [5.74, 6) is 1.54. The van der Waals surface area contributed by atoms with Crippen LogP contribution in [0, 0.1) is 11.8 Å². The minimum Gasteiger partial charge on any atom is -0.400 e. The van der Waals surface area contributed by atoms with Gasteiger partial charge in [0.05, 0.1) is 11.2 Å². The second kappa shape index (κ2) is 9.31. The molecule has 0 atom stereocenters. The lowest BCUT2D eigenvalue weighted by Gasteiger charge is -2.32. The maximum Gasteiger partial charge on any atom is 0.490 e. The van der Waals surface area contributed by atoms with E-state index in [1.165, 1.54) is 69.7 Å². The summed E-state index contributed by atoms with van der Waals surface area (Å²) in [5, 5.41) is 0. The van der Waals surface area contributed by atoms with Crippen molar-refractivity contribution < 1.29 is 9.31 Å². The molecule has 0 aromatic rings. The van der Waals surface area contributed by atoms with Gasteiger partial charge < -0.3 is 9.31 Å². The SMILES string of the molecule is CC1(C)OB(/C(=C/C2CCCCC2)CC/C=C\C2CCCCC2)OC1(C)C. The van der Waals surface area contributed by atoms with E-state index in [0.29, 0.717) is 0 Å². The Morgan fingerprint density at radius 3 is 1.89 bits per heavy atom. The molecule has 0 amide bonds. The van der Waals surface area contributed by atoms with Crippen molar-refractivity contribution in [1.29, 1.82) is 0 Å². The number of hydrogen-bond donors (Lipinski definition) is 0. The van der Waals surface area contributed by atoms with Gasteiger partial charge in [-0.2, -0.15) is 0 Å². The van der Waals surface area contributed by atoms with Crippen LogP contribution in [0.25, 0.3) is 0 Å². The Balaban J connectivity index is 1.63. The van der Waals surface area contributed by atoms with Gasteiger partial charge in [0, 0.05) is 0 Å². The lowest BCUT2D eigenvalue weighted by Crippen LogP contribution is -2.41. The molecule has 0 spiro atoms. The first-order valence-electron chi connectivity index (χ1n) is 11.6. The monoisotopic (exact) mass is 372 g/mol. The molecule has 0 aromatic heterocycles. The predicted molar refractivity (Wildman–Crippen MR) is 116 cm³/mol. The van der Waals surface area contributed by atoms with E-state index in [2.05, 4.69) is 45.9 Å². The Labute approximate surface area is 168 Å². The van der Waals surface area contributed by atoms with Crippen LogP contribution in [0.5, 0.6) is 0 Å². The quantitative estimate of drug-likeness (QED) is 0.368. The summed E-state index contributed by atoms with van der Waals surface area (Å²) in [4.78, 5) is 0. The Kier molecular flexibility index (Phi) is 7.30. The third-order valence-electron chi connectivity index (χ3n) is 7.31. The maximum absolute atomic E-state index is 6.40. The van der Waals surface area contributed by atoms with E-state index in [4.69, 9.17) is 9.31 Å². The zero-order valence-electron chi connectivity index (χ0n) is 18.3. The molecule has 3 rings (SSSR count). The highest BCUT2D eigenvalue weighted by atomic mass is 16.7. The average Bonchev–Trinajstić information content (AvgIpc) is 2.87. The van der Waals surface area contributed by atoms with Gasteiger partial charge in [-0.25, -0.2) is 0 Å². The largest absolute Gasteiger partial charge is 0.490 e. The van der Waals surface area contributed by atoms with Crippen LogP contribution in [0.3, 0.4) is 0 Å². The summed E-state index contributed by atoms with van der Waals surface area (Å²) in [5.41, 5.74) is 0.886. The van der Waals surface area contributed by atoms with E-state index in [9.17, 15) is 0 Å². The average molecular weight is 372 g/mol. The Morgan fingerprint density at radius 2 is 1.33 bits per heavy atom. The molecule has 2 saturated carbocycles. The van der Waals surface area contributed by atoms with Gasteiger partial charge in [-0.15, -0.1) is 0 Å². The molecule has 3 heteroatoms. The summed E-state index contributed by atoms with van der Waals surface area (Å²) in [6.45, 7) is 8.64. The molecule has 1 heterocycles. The van der Waals surface area contributed by atoms with Crippen LogP contribution in [-0.2, 0) is 9.31 Å². The highest BCUT2D eigenvalue weighted by molar-refractivity contribution is 6.54. The fraction of sp³-hybridized carbons (Fsp3) is 0.833. The Bertz CT molecular complexity index is 506. The van der Waals surface area contributed by atoms with Crippen molar-refractivity contribution in [2.24, 2.45) is 11.8 Å². The first-order chi connectivity index (χ1) is 12.9. The van der Waals surface area contributed by atoms with Gasteiger partial charge in [0.1, 0.15) is 0 Å².